The second kappa shape index (κ2) is 14.4. The van der Waals surface area contributed by atoms with E-state index in [9.17, 15) is 29.0 Å². The molecule has 2 saturated heterocycles. The fourth-order valence-corrected chi connectivity index (χ4v) is 5.67. The van der Waals surface area contributed by atoms with Crippen molar-refractivity contribution >= 4 is 28.6 Å². The van der Waals surface area contributed by atoms with Gasteiger partial charge in [0, 0.05) is 44.1 Å². The van der Waals surface area contributed by atoms with Crippen molar-refractivity contribution in [3.05, 3.63) is 93.1 Å². The van der Waals surface area contributed by atoms with Gasteiger partial charge in [-0.3, -0.25) is 18.4 Å². The van der Waals surface area contributed by atoms with Crippen LogP contribution >= 0.6 is 0 Å². The maximum atomic E-state index is 13.1. The summed E-state index contributed by atoms with van der Waals surface area (Å²) in [5.41, 5.74) is 0.899. The van der Waals surface area contributed by atoms with Crippen LogP contribution in [0.4, 0.5) is 15.8 Å². The fraction of sp³-hybridized carbons (Fsp3) is 0.265. The number of carbonyl (C=O) groups excluding carboxylic acids is 1. The lowest BCUT2D eigenvalue weighted by Crippen LogP contribution is -2.36. The van der Waals surface area contributed by atoms with Gasteiger partial charge >= 0.3 is 17.1 Å². The number of pyridine rings is 2. The van der Waals surface area contributed by atoms with E-state index in [-0.39, 0.29) is 28.8 Å². The first kappa shape index (κ1) is 34.1. The molecule has 0 amide bonds. The Hall–Kier alpha value is -6.40. The Morgan fingerprint density at radius 3 is 1.81 bits per heavy atom. The van der Waals surface area contributed by atoms with E-state index in [2.05, 4.69) is 34.7 Å². The number of nitrogens with zero attached hydrogens (tertiary/aromatic N) is 8. The number of esters is 1. The quantitative estimate of drug-likeness (QED) is 0.246. The van der Waals surface area contributed by atoms with Crippen molar-refractivity contribution in [2.45, 2.75) is 0 Å². The number of fused-ring (bicyclic) bond motifs is 2. The lowest BCUT2D eigenvalue weighted by atomic mass is 10.2. The maximum absolute atomic E-state index is 13.1. The first-order valence-corrected chi connectivity index (χ1v) is 16.1. The molecule has 2 aliphatic rings. The highest BCUT2D eigenvalue weighted by molar-refractivity contribution is 5.90. The number of benzene rings is 1. The topological polar surface area (TPSA) is 199 Å². The molecule has 0 radical (unpaired) electrons. The predicted octanol–water partition coefficient (Wildman–Crippen LogP) is 2.12. The van der Waals surface area contributed by atoms with Crippen molar-refractivity contribution in [1.29, 1.82) is 0 Å². The number of morpholine rings is 2. The van der Waals surface area contributed by atoms with Gasteiger partial charge in [-0.25, -0.2) is 19.2 Å². The summed E-state index contributed by atoms with van der Waals surface area (Å²) in [7, 11) is 1.16. The number of rotatable bonds is 5. The van der Waals surface area contributed by atoms with E-state index in [1.165, 1.54) is 33.1 Å². The molecule has 1 aromatic carbocycles. The number of anilines is 2. The van der Waals surface area contributed by atoms with E-state index < -0.39 is 34.4 Å². The van der Waals surface area contributed by atoms with E-state index in [0.717, 1.165) is 31.6 Å². The lowest BCUT2D eigenvalue weighted by Gasteiger charge is -2.28. The third-order valence-corrected chi connectivity index (χ3v) is 8.42. The number of halogens is 1. The van der Waals surface area contributed by atoms with Crippen LogP contribution in [0.1, 0.15) is 10.5 Å². The summed E-state index contributed by atoms with van der Waals surface area (Å²) in [5.74, 6) is -2.55. The third-order valence-electron chi connectivity index (χ3n) is 8.42. The first-order valence-electron chi connectivity index (χ1n) is 16.1. The molecule has 52 heavy (non-hydrogen) atoms. The molecule has 0 bridgehead atoms. The van der Waals surface area contributed by atoms with Crippen LogP contribution in [0.5, 0.6) is 11.5 Å². The summed E-state index contributed by atoms with van der Waals surface area (Å²) in [4.78, 5) is 49.0. The van der Waals surface area contributed by atoms with Gasteiger partial charge in [0.25, 0.3) is 5.89 Å². The molecule has 7 heterocycles. The van der Waals surface area contributed by atoms with Gasteiger partial charge in [-0.15, -0.1) is 10.2 Å². The molecule has 8 rings (SSSR count). The van der Waals surface area contributed by atoms with Crippen LogP contribution in [-0.4, -0.2) is 105 Å². The molecule has 2 aliphatic heterocycles. The van der Waals surface area contributed by atoms with Gasteiger partial charge in [0.2, 0.25) is 17.4 Å². The average Bonchev–Trinajstić information content (AvgIpc) is 3.68. The minimum Gasteiger partial charge on any atom is -0.501 e. The Labute approximate surface area is 292 Å². The normalized spacial score (nSPS) is 14.7. The zero-order valence-corrected chi connectivity index (χ0v) is 27.6. The molecule has 0 spiro atoms. The number of ether oxygens (including phenoxy) is 3. The predicted molar refractivity (Wildman–Crippen MR) is 182 cm³/mol. The van der Waals surface area contributed by atoms with Crippen LogP contribution in [0.3, 0.4) is 0 Å². The van der Waals surface area contributed by atoms with E-state index in [1.807, 2.05) is 12.1 Å². The number of hydrogen-bond acceptors (Lipinski definition) is 15. The maximum Gasteiger partial charge on any atom is 0.360 e. The summed E-state index contributed by atoms with van der Waals surface area (Å²) >= 11 is 0. The molecule has 268 valence electrons. The fourth-order valence-electron chi connectivity index (χ4n) is 5.67. The largest absolute Gasteiger partial charge is 0.501 e. The minimum atomic E-state index is -0.852. The molecule has 0 saturated carbocycles. The Morgan fingerprint density at radius 2 is 1.25 bits per heavy atom. The number of methoxy groups -OCH3 is 1. The lowest BCUT2D eigenvalue weighted by molar-refractivity contribution is 0.0590. The standard InChI is InChI=1S/C20H16FN5O4.C14H15N3O5/c21-13-3-1-12(2-4-13)18-23-24-19(30-18)16-17(27)20(28)26-11-14(5-6-15(26)22-16)25-7-9-29-10-8-25;1-21-14(20)11-12(18)13(19)17-8-9(2-3-10(17)15-11)16-4-6-22-7-5-16/h1-6,11,27H,7-10H2;2-3,8,18H,4-7H2,1H3. The molecule has 2 fully saturated rings. The highest BCUT2D eigenvalue weighted by atomic mass is 19.1. The van der Waals surface area contributed by atoms with Gasteiger partial charge in [-0.1, -0.05) is 0 Å². The van der Waals surface area contributed by atoms with Gasteiger partial charge in [0.05, 0.1) is 44.9 Å². The van der Waals surface area contributed by atoms with Crippen molar-refractivity contribution in [3.63, 3.8) is 0 Å². The van der Waals surface area contributed by atoms with Crippen molar-refractivity contribution in [2.24, 2.45) is 0 Å². The molecule has 2 N–H and O–H groups in total. The van der Waals surface area contributed by atoms with Crippen molar-refractivity contribution in [1.82, 2.24) is 29.0 Å². The van der Waals surface area contributed by atoms with Crippen LogP contribution in [0.15, 0.2) is 74.9 Å². The van der Waals surface area contributed by atoms with E-state index in [1.54, 1.807) is 24.5 Å². The number of hydrogen-bond donors (Lipinski definition) is 2. The van der Waals surface area contributed by atoms with Gasteiger partial charge < -0.3 is 38.6 Å². The SMILES string of the molecule is COC(=O)c1nc2ccc(N3CCOCC3)cn2c(=O)c1O.O=c1c(O)c(-c2nnc(-c3ccc(F)cc3)o2)nc2ccc(N3CCOCC3)cn12. The Kier molecular flexibility index (Phi) is 9.47. The summed E-state index contributed by atoms with van der Waals surface area (Å²) in [6.45, 7) is 5.35. The van der Waals surface area contributed by atoms with E-state index >= 15 is 0 Å². The minimum absolute atomic E-state index is 0.108. The molecule has 5 aromatic heterocycles. The highest BCUT2D eigenvalue weighted by Crippen LogP contribution is 2.28. The second-order valence-electron chi connectivity index (χ2n) is 11.6. The molecule has 17 nitrogen and oxygen atoms in total. The van der Waals surface area contributed by atoms with Gasteiger partial charge in [0.1, 0.15) is 17.1 Å². The molecular weight excluding hydrogens is 683 g/mol. The number of carbonyl (C=O) groups is 1. The summed E-state index contributed by atoms with van der Waals surface area (Å²) in [5, 5.41) is 28.1. The Balaban J connectivity index is 0.000000170. The van der Waals surface area contributed by atoms with Gasteiger partial charge in [-0.05, 0) is 48.5 Å². The Morgan fingerprint density at radius 1 is 0.731 bits per heavy atom. The molecular formula is C34H31FN8O9. The first-order chi connectivity index (χ1) is 25.2. The number of aromatic nitrogens is 6. The second-order valence-corrected chi connectivity index (χ2v) is 11.6. The molecule has 18 heteroatoms. The van der Waals surface area contributed by atoms with E-state index in [4.69, 9.17) is 13.9 Å². The average molecular weight is 715 g/mol. The zero-order chi connectivity index (χ0) is 36.4. The smallest absolute Gasteiger partial charge is 0.360 e. The summed E-state index contributed by atoms with van der Waals surface area (Å²) < 4.78 is 36.3. The molecule has 0 atom stereocenters. The van der Waals surface area contributed by atoms with Crippen molar-refractivity contribution in [2.75, 3.05) is 69.5 Å². The highest BCUT2D eigenvalue weighted by Gasteiger charge is 2.22. The van der Waals surface area contributed by atoms with Crippen LogP contribution in [0.25, 0.3) is 34.3 Å². The summed E-state index contributed by atoms with van der Waals surface area (Å²) in [6.07, 6.45) is 3.23. The monoisotopic (exact) mass is 714 g/mol. The van der Waals surface area contributed by atoms with Gasteiger partial charge in [-0.2, -0.15) is 0 Å². The summed E-state index contributed by atoms with van der Waals surface area (Å²) in [6, 6.07) is 12.5. The Bertz CT molecular complexity index is 2380. The van der Waals surface area contributed by atoms with Crippen LogP contribution in [-0.2, 0) is 14.2 Å². The van der Waals surface area contributed by atoms with Crippen LogP contribution < -0.4 is 20.9 Å². The number of aromatic hydroxyl groups is 2. The zero-order valence-electron chi connectivity index (χ0n) is 27.6. The molecule has 0 unspecified atom stereocenters. The van der Waals surface area contributed by atoms with Crippen molar-refractivity contribution < 1.29 is 38.0 Å². The van der Waals surface area contributed by atoms with Crippen LogP contribution in [0.2, 0.25) is 0 Å². The van der Waals surface area contributed by atoms with Crippen LogP contribution in [0, 0.1) is 5.82 Å². The van der Waals surface area contributed by atoms with Gasteiger partial charge in [0.15, 0.2) is 11.4 Å². The molecule has 6 aromatic rings. The molecule has 0 aliphatic carbocycles. The van der Waals surface area contributed by atoms with E-state index in [0.29, 0.717) is 50.7 Å². The third kappa shape index (κ3) is 6.71. The van der Waals surface area contributed by atoms with Crippen molar-refractivity contribution in [3.8, 4) is 34.5 Å².